The molecular weight excluding hydrogens is 205 g/mol. The van der Waals surface area contributed by atoms with Crippen molar-refractivity contribution < 1.29 is 18.3 Å². The van der Waals surface area contributed by atoms with E-state index in [1.807, 2.05) is 0 Å². The van der Waals surface area contributed by atoms with Crippen LogP contribution in [0.15, 0.2) is 12.1 Å². The van der Waals surface area contributed by atoms with Crippen LogP contribution in [0.1, 0.15) is 24.5 Å². The van der Waals surface area contributed by atoms with Gasteiger partial charge in [-0.05, 0) is 6.42 Å². The minimum absolute atomic E-state index is 0.0377. The largest absolute Gasteiger partial charge is 0.388 e. The minimum Gasteiger partial charge on any atom is -0.388 e. The van der Waals surface area contributed by atoms with Crippen molar-refractivity contribution in [3.8, 4) is 12.3 Å². The molecule has 80 valence electrons. The van der Waals surface area contributed by atoms with Crippen molar-refractivity contribution in [3.05, 3.63) is 35.1 Å². The summed E-state index contributed by atoms with van der Waals surface area (Å²) < 4.78 is 38.7. The van der Waals surface area contributed by atoms with E-state index in [2.05, 4.69) is 5.92 Å². The minimum atomic E-state index is -1.35. The number of rotatable bonds is 3. The fourth-order valence-corrected chi connectivity index (χ4v) is 1.24. The molecule has 0 fully saturated rings. The van der Waals surface area contributed by atoms with E-state index >= 15 is 0 Å². The van der Waals surface area contributed by atoms with Crippen LogP contribution in [0.3, 0.4) is 0 Å². The summed E-state index contributed by atoms with van der Waals surface area (Å²) in [5.41, 5.74) is -0.536. The summed E-state index contributed by atoms with van der Waals surface area (Å²) in [4.78, 5) is 0. The summed E-state index contributed by atoms with van der Waals surface area (Å²) in [6.07, 6.45) is 3.83. The standard InChI is InChI=1S/C11H9F3O/c1-2-3-4-10(15)11-8(13)5-7(12)6-9(11)14/h1,5-6,10,15H,3-4H2. The van der Waals surface area contributed by atoms with Gasteiger partial charge in [-0.1, -0.05) is 0 Å². The molecule has 0 amide bonds. The Bertz CT molecular complexity index is 372. The predicted octanol–water partition coefficient (Wildman–Crippen LogP) is 2.55. The normalized spacial score (nSPS) is 12.2. The molecule has 1 aromatic rings. The molecule has 0 aliphatic heterocycles. The highest BCUT2D eigenvalue weighted by molar-refractivity contribution is 5.23. The maximum absolute atomic E-state index is 13.1. The molecule has 0 saturated heterocycles. The molecule has 4 heteroatoms. The molecule has 1 nitrogen and oxygen atoms in total. The van der Waals surface area contributed by atoms with Crippen molar-refractivity contribution in [2.24, 2.45) is 0 Å². The monoisotopic (exact) mass is 214 g/mol. The van der Waals surface area contributed by atoms with Gasteiger partial charge >= 0.3 is 0 Å². The van der Waals surface area contributed by atoms with Crippen molar-refractivity contribution in [2.45, 2.75) is 18.9 Å². The number of terminal acetylenes is 1. The van der Waals surface area contributed by atoms with E-state index in [1.165, 1.54) is 0 Å². The van der Waals surface area contributed by atoms with E-state index in [9.17, 15) is 18.3 Å². The van der Waals surface area contributed by atoms with Crippen molar-refractivity contribution in [3.63, 3.8) is 0 Å². The van der Waals surface area contributed by atoms with Gasteiger partial charge in [0, 0.05) is 18.6 Å². The average Bonchev–Trinajstić information content (AvgIpc) is 2.12. The van der Waals surface area contributed by atoms with Gasteiger partial charge in [-0.2, -0.15) is 0 Å². The Morgan fingerprint density at radius 2 is 1.80 bits per heavy atom. The molecule has 0 bridgehead atoms. The first-order valence-corrected chi connectivity index (χ1v) is 4.32. The number of halogens is 3. The Morgan fingerprint density at radius 1 is 1.27 bits per heavy atom. The second-order valence-electron chi connectivity index (χ2n) is 3.04. The summed E-state index contributed by atoms with van der Waals surface area (Å²) in [5, 5.41) is 9.41. The van der Waals surface area contributed by atoms with Gasteiger partial charge in [0.1, 0.15) is 17.5 Å². The van der Waals surface area contributed by atoms with Crippen LogP contribution in [0.2, 0.25) is 0 Å². The summed E-state index contributed by atoms with van der Waals surface area (Å²) in [6, 6.07) is 1.05. The fraction of sp³-hybridized carbons (Fsp3) is 0.273. The third kappa shape index (κ3) is 2.74. The van der Waals surface area contributed by atoms with E-state index in [0.29, 0.717) is 12.1 Å². The van der Waals surface area contributed by atoms with Crippen LogP contribution in [0.4, 0.5) is 13.2 Å². The Morgan fingerprint density at radius 3 is 2.27 bits per heavy atom. The fourth-order valence-electron chi connectivity index (χ4n) is 1.24. The maximum atomic E-state index is 13.1. The zero-order valence-corrected chi connectivity index (χ0v) is 7.80. The molecule has 1 N–H and O–H groups in total. The van der Waals surface area contributed by atoms with E-state index in [-0.39, 0.29) is 12.8 Å². The van der Waals surface area contributed by atoms with Crippen LogP contribution < -0.4 is 0 Å². The second kappa shape index (κ2) is 4.85. The molecule has 0 aromatic heterocycles. The van der Waals surface area contributed by atoms with E-state index in [0.717, 1.165) is 0 Å². The van der Waals surface area contributed by atoms with Crippen molar-refractivity contribution in [1.29, 1.82) is 0 Å². The van der Waals surface area contributed by atoms with Gasteiger partial charge in [-0.3, -0.25) is 0 Å². The SMILES string of the molecule is C#CCCC(O)c1c(F)cc(F)cc1F. The lowest BCUT2D eigenvalue weighted by Gasteiger charge is -2.11. The van der Waals surface area contributed by atoms with Crippen LogP contribution >= 0.6 is 0 Å². The molecule has 0 radical (unpaired) electrons. The van der Waals surface area contributed by atoms with Crippen molar-refractivity contribution >= 4 is 0 Å². The first kappa shape index (κ1) is 11.6. The van der Waals surface area contributed by atoms with Gasteiger partial charge in [-0.25, -0.2) is 13.2 Å². The molecule has 15 heavy (non-hydrogen) atoms. The van der Waals surface area contributed by atoms with Crippen LogP contribution in [0, 0.1) is 29.8 Å². The Labute approximate surface area is 85.5 Å². The van der Waals surface area contributed by atoms with Gasteiger partial charge < -0.3 is 5.11 Å². The van der Waals surface area contributed by atoms with Gasteiger partial charge in [-0.15, -0.1) is 12.3 Å². The van der Waals surface area contributed by atoms with E-state index < -0.39 is 29.1 Å². The summed E-state index contributed by atoms with van der Waals surface area (Å²) in [7, 11) is 0. The lowest BCUT2D eigenvalue weighted by molar-refractivity contribution is 0.159. The maximum Gasteiger partial charge on any atom is 0.134 e. The number of hydrogen-bond acceptors (Lipinski definition) is 1. The highest BCUT2D eigenvalue weighted by Gasteiger charge is 2.18. The van der Waals surface area contributed by atoms with Crippen molar-refractivity contribution in [2.75, 3.05) is 0 Å². The van der Waals surface area contributed by atoms with E-state index in [1.54, 1.807) is 0 Å². The molecule has 1 aromatic carbocycles. The number of benzene rings is 1. The van der Waals surface area contributed by atoms with Crippen LogP contribution in [-0.2, 0) is 0 Å². The molecule has 0 aliphatic rings. The Kier molecular flexibility index (Phi) is 3.75. The zero-order chi connectivity index (χ0) is 11.4. The summed E-state index contributed by atoms with van der Waals surface area (Å²) in [6.45, 7) is 0. The summed E-state index contributed by atoms with van der Waals surface area (Å²) in [5.74, 6) is -0.976. The molecule has 0 saturated carbocycles. The smallest absolute Gasteiger partial charge is 0.134 e. The molecule has 1 rings (SSSR count). The lowest BCUT2D eigenvalue weighted by atomic mass is 10.0. The molecule has 1 atom stereocenters. The second-order valence-corrected chi connectivity index (χ2v) is 3.04. The lowest BCUT2D eigenvalue weighted by Crippen LogP contribution is -2.04. The average molecular weight is 214 g/mol. The van der Waals surface area contributed by atoms with Gasteiger partial charge in [0.2, 0.25) is 0 Å². The van der Waals surface area contributed by atoms with E-state index in [4.69, 9.17) is 6.42 Å². The quantitative estimate of drug-likeness (QED) is 0.766. The van der Waals surface area contributed by atoms with Crippen LogP contribution in [0.25, 0.3) is 0 Å². The predicted molar refractivity (Wildman–Crippen MR) is 49.3 cm³/mol. The van der Waals surface area contributed by atoms with Gasteiger partial charge in [0.25, 0.3) is 0 Å². The first-order chi connectivity index (χ1) is 7.06. The molecular formula is C11H9F3O. The van der Waals surface area contributed by atoms with Crippen molar-refractivity contribution in [1.82, 2.24) is 0 Å². The van der Waals surface area contributed by atoms with Crippen LogP contribution in [0.5, 0.6) is 0 Å². The third-order valence-corrected chi connectivity index (χ3v) is 1.94. The molecule has 1 unspecified atom stereocenters. The Hall–Kier alpha value is -1.47. The molecule has 0 aliphatic carbocycles. The molecule has 0 spiro atoms. The highest BCUT2D eigenvalue weighted by Crippen LogP contribution is 2.25. The zero-order valence-electron chi connectivity index (χ0n) is 7.80. The number of aliphatic hydroxyl groups excluding tert-OH is 1. The summed E-state index contributed by atoms with van der Waals surface area (Å²) >= 11 is 0. The Balaban J connectivity index is 2.99. The van der Waals surface area contributed by atoms with Gasteiger partial charge in [0.15, 0.2) is 0 Å². The number of aliphatic hydroxyl groups is 1. The number of hydrogen-bond donors (Lipinski definition) is 1. The first-order valence-electron chi connectivity index (χ1n) is 4.32. The topological polar surface area (TPSA) is 20.2 Å². The molecule has 0 heterocycles. The van der Waals surface area contributed by atoms with Gasteiger partial charge in [0.05, 0.1) is 11.7 Å². The highest BCUT2D eigenvalue weighted by atomic mass is 19.1. The van der Waals surface area contributed by atoms with Crippen LogP contribution in [-0.4, -0.2) is 5.11 Å². The third-order valence-electron chi connectivity index (χ3n) is 1.94.